The van der Waals surface area contributed by atoms with Gasteiger partial charge in [-0.15, -0.1) is 11.1 Å². The third kappa shape index (κ3) is 3.58. The molecule has 0 spiro atoms. The predicted octanol–water partition coefficient (Wildman–Crippen LogP) is 3.21. The van der Waals surface area contributed by atoms with Gasteiger partial charge in [0.15, 0.2) is 0 Å². The van der Waals surface area contributed by atoms with Crippen molar-refractivity contribution in [2.75, 3.05) is 0 Å². The molecule has 0 aliphatic rings. The Hall–Kier alpha value is -0.980. The van der Waals surface area contributed by atoms with E-state index >= 15 is 0 Å². The van der Waals surface area contributed by atoms with Gasteiger partial charge in [0.25, 0.3) is 0 Å². The summed E-state index contributed by atoms with van der Waals surface area (Å²) in [5.41, 5.74) is 1.02. The normalized spacial score (nSPS) is 11.5. The molecule has 3 heteroatoms. The summed E-state index contributed by atoms with van der Waals surface area (Å²) >= 11 is 0. The Bertz CT molecular complexity index is 358. The highest BCUT2D eigenvalue weighted by Gasteiger charge is 2.26. The van der Waals surface area contributed by atoms with Crippen molar-refractivity contribution in [3.8, 4) is 0 Å². The first-order valence-electron chi connectivity index (χ1n) is 4.98. The highest BCUT2D eigenvalue weighted by molar-refractivity contribution is 7.48. The van der Waals surface area contributed by atoms with Crippen molar-refractivity contribution >= 4 is 13.3 Å². The smallest absolute Gasteiger partial charge is 0.139 e. The summed E-state index contributed by atoms with van der Waals surface area (Å²) in [6.45, 7) is 7.44. The molecule has 0 amide bonds. The average Bonchev–Trinajstić information content (AvgIpc) is 2.18. The fraction of sp³-hybridized carbons (Fsp3) is 0.333. The van der Waals surface area contributed by atoms with E-state index in [1.165, 1.54) is 0 Å². The zero-order valence-corrected chi connectivity index (χ0v) is 10.0. The van der Waals surface area contributed by atoms with E-state index in [1.54, 1.807) is 6.08 Å². The lowest BCUT2D eigenvalue weighted by atomic mass is 10.1. The van der Waals surface area contributed by atoms with E-state index in [2.05, 4.69) is 6.58 Å². The van der Waals surface area contributed by atoms with Crippen LogP contribution >= 0.6 is 8.03 Å². The van der Waals surface area contributed by atoms with E-state index < -0.39 is 8.03 Å². The summed E-state index contributed by atoms with van der Waals surface area (Å²) in [4.78, 5) is 0. The van der Waals surface area contributed by atoms with Crippen LogP contribution in [0.25, 0.3) is 0 Å². The van der Waals surface area contributed by atoms with Crippen molar-refractivity contribution in [2.24, 2.45) is 0 Å². The van der Waals surface area contributed by atoms with E-state index in [0.29, 0.717) is 0 Å². The standard InChI is InChI=1S/C12H16O2P/c1-4-7-11-8-5-6-9-12(11)15(13)14-10(2)3/h4-6,8-10H,1,7H2,2-3H3/q+1. The van der Waals surface area contributed by atoms with Gasteiger partial charge in [0, 0.05) is 5.56 Å². The molecule has 0 saturated carbocycles. The quantitative estimate of drug-likeness (QED) is 0.566. The lowest BCUT2D eigenvalue weighted by molar-refractivity contribution is 0.261. The molecule has 80 valence electrons. The van der Waals surface area contributed by atoms with E-state index in [-0.39, 0.29) is 6.10 Å². The SMILES string of the molecule is C=CCc1ccccc1[P+](=O)OC(C)C. The van der Waals surface area contributed by atoms with Crippen LogP contribution in [0.5, 0.6) is 0 Å². The number of allylic oxidation sites excluding steroid dienone is 1. The summed E-state index contributed by atoms with van der Waals surface area (Å²) in [6, 6.07) is 7.60. The van der Waals surface area contributed by atoms with E-state index in [4.69, 9.17) is 4.52 Å². The maximum Gasteiger partial charge on any atom is 0.549 e. The second-order valence-corrected chi connectivity index (χ2v) is 4.74. The molecule has 0 aliphatic heterocycles. The first-order valence-corrected chi connectivity index (χ1v) is 6.15. The Morgan fingerprint density at radius 1 is 1.47 bits per heavy atom. The molecule has 1 rings (SSSR count). The third-order valence-electron chi connectivity index (χ3n) is 1.86. The number of hydrogen-bond donors (Lipinski definition) is 0. The number of rotatable bonds is 5. The van der Waals surface area contributed by atoms with Crippen LogP contribution < -0.4 is 5.30 Å². The lowest BCUT2D eigenvalue weighted by Crippen LogP contribution is -2.08. The van der Waals surface area contributed by atoms with Gasteiger partial charge in [0.05, 0.1) is 0 Å². The first-order chi connectivity index (χ1) is 7.15. The molecule has 1 atom stereocenters. The third-order valence-corrected chi connectivity index (χ3v) is 3.30. The van der Waals surface area contributed by atoms with E-state index in [1.807, 2.05) is 38.1 Å². The highest BCUT2D eigenvalue weighted by atomic mass is 31.1. The van der Waals surface area contributed by atoms with Crippen molar-refractivity contribution in [3.63, 3.8) is 0 Å². The summed E-state index contributed by atoms with van der Waals surface area (Å²) in [5, 5.41) is 0.779. The van der Waals surface area contributed by atoms with Crippen LogP contribution in [0.2, 0.25) is 0 Å². The summed E-state index contributed by atoms with van der Waals surface area (Å²) in [7, 11) is -1.75. The Kier molecular flexibility index (Phi) is 4.67. The zero-order valence-electron chi connectivity index (χ0n) is 9.14. The summed E-state index contributed by atoms with van der Waals surface area (Å²) in [5.74, 6) is 0. The maximum absolute atomic E-state index is 11.8. The van der Waals surface area contributed by atoms with Gasteiger partial charge in [-0.05, 0) is 30.9 Å². The van der Waals surface area contributed by atoms with Crippen LogP contribution in [0.15, 0.2) is 36.9 Å². The Balaban J connectivity index is 2.91. The minimum atomic E-state index is -1.75. The molecule has 0 bridgehead atoms. The fourth-order valence-electron chi connectivity index (χ4n) is 1.27. The molecule has 0 saturated heterocycles. The topological polar surface area (TPSA) is 26.3 Å². The largest absolute Gasteiger partial charge is 0.549 e. The molecule has 1 unspecified atom stereocenters. The maximum atomic E-state index is 11.8. The van der Waals surface area contributed by atoms with Gasteiger partial charge in [-0.3, -0.25) is 0 Å². The highest BCUT2D eigenvalue weighted by Crippen LogP contribution is 2.25. The monoisotopic (exact) mass is 223 g/mol. The fourth-order valence-corrected chi connectivity index (χ4v) is 2.37. The minimum absolute atomic E-state index is 0.0228. The van der Waals surface area contributed by atoms with Crippen LogP contribution in [-0.2, 0) is 15.5 Å². The van der Waals surface area contributed by atoms with Gasteiger partial charge in [-0.2, -0.15) is 0 Å². The molecule has 0 aromatic heterocycles. The van der Waals surface area contributed by atoms with Crippen molar-refractivity contribution < 1.29 is 9.09 Å². The molecule has 2 nitrogen and oxygen atoms in total. The Labute approximate surface area is 91.8 Å². The minimum Gasteiger partial charge on any atom is -0.139 e. The van der Waals surface area contributed by atoms with Gasteiger partial charge in [-0.1, -0.05) is 24.3 Å². The second kappa shape index (κ2) is 5.79. The summed E-state index contributed by atoms with van der Waals surface area (Å²) < 4.78 is 17.1. The zero-order chi connectivity index (χ0) is 11.3. The average molecular weight is 223 g/mol. The Morgan fingerprint density at radius 3 is 2.73 bits per heavy atom. The van der Waals surface area contributed by atoms with Crippen molar-refractivity contribution in [3.05, 3.63) is 42.5 Å². The molecule has 0 radical (unpaired) electrons. The van der Waals surface area contributed by atoms with Gasteiger partial charge in [-0.25, -0.2) is 0 Å². The first kappa shape index (κ1) is 12.1. The molecule has 1 aromatic rings. The van der Waals surface area contributed by atoms with Gasteiger partial charge >= 0.3 is 8.03 Å². The molecular formula is C12H16O2P+. The van der Waals surface area contributed by atoms with Crippen molar-refractivity contribution in [2.45, 2.75) is 26.4 Å². The van der Waals surface area contributed by atoms with E-state index in [9.17, 15) is 4.57 Å². The van der Waals surface area contributed by atoms with Crippen LogP contribution in [-0.4, -0.2) is 6.10 Å². The molecule has 0 fully saturated rings. The van der Waals surface area contributed by atoms with Gasteiger partial charge in [0.1, 0.15) is 6.10 Å². The molecular weight excluding hydrogens is 207 g/mol. The molecule has 0 aliphatic carbocycles. The molecule has 1 aromatic carbocycles. The van der Waals surface area contributed by atoms with Gasteiger partial charge < -0.3 is 0 Å². The summed E-state index contributed by atoms with van der Waals surface area (Å²) in [6.07, 6.45) is 2.50. The van der Waals surface area contributed by atoms with Crippen molar-refractivity contribution in [1.82, 2.24) is 0 Å². The predicted molar refractivity (Wildman–Crippen MR) is 63.8 cm³/mol. The molecule has 15 heavy (non-hydrogen) atoms. The van der Waals surface area contributed by atoms with Crippen LogP contribution in [0.4, 0.5) is 0 Å². The molecule has 0 heterocycles. The van der Waals surface area contributed by atoms with Crippen LogP contribution in [0.3, 0.4) is 0 Å². The Morgan fingerprint density at radius 2 is 2.13 bits per heavy atom. The van der Waals surface area contributed by atoms with Crippen LogP contribution in [0.1, 0.15) is 19.4 Å². The van der Waals surface area contributed by atoms with Crippen LogP contribution in [0, 0.1) is 0 Å². The lowest BCUT2D eigenvalue weighted by Gasteiger charge is -1.98. The number of hydrogen-bond acceptors (Lipinski definition) is 2. The second-order valence-electron chi connectivity index (χ2n) is 3.53. The van der Waals surface area contributed by atoms with Gasteiger partial charge in [0.2, 0.25) is 5.30 Å². The number of benzene rings is 1. The molecule has 0 N–H and O–H groups in total. The van der Waals surface area contributed by atoms with Crippen molar-refractivity contribution in [1.29, 1.82) is 0 Å². The van der Waals surface area contributed by atoms with E-state index in [0.717, 1.165) is 17.3 Å².